The van der Waals surface area contributed by atoms with Crippen molar-refractivity contribution in [1.82, 2.24) is 0 Å². The first-order valence-electron chi connectivity index (χ1n) is 7.32. The molecular formula is C20H22Br2O. The molecule has 0 spiro atoms. The summed E-state index contributed by atoms with van der Waals surface area (Å²) in [6, 6.07) is 0. The van der Waals surface area contributed by atoms with E-state index in [1.165, 1.54) is 18.6 Å². The fourth-order valence-electron chi connectivity index (χ4n) is 1.50. The van der Waals surface area contributed by atoms with E-state index in [0.717, 1.165) is 21.0 Å². The van der Waals surface area contributed by atoms with Gasteiger partial charge in [-0.1, -0.05) is 89.6 Å². The van der Waals surface area contributed by atoms with Crippen LogP contribution < -0.4 is 0 Å². The number of halogens is 2. The summed E-state index contributed by atoms with van der Waals surface area (Å²) in [6.07, 6.45) is 16.1. The van der Waals surface area contributed by atoms with Gasteiger partial charge in [0.05, 0.1) is 0 Å². The third kappa shape index (κ3) is 10.1. The minimum Gasteiger partial charge on any atom is -0.289 e. The van der Waals surface area contributed by atoms with Gasteiger partial charge in [-0.2, -0.15) is 0 Å². The zero-order valence-corrected chi connectivity index (χ0v) is 16.8. The summed E-state index contributed by atoms with van der Waals surface area (Å²) in [5, 5.41) is 0. The van der Waals surface area contributed by atoms with Crippen LogP contribution in [0.3, 0.4) is 0 Å². The lowest BCUT2D eigenvalue weighted by Crippen LogP contribution is -1.95. The van der Waals surface area contributed by atoms with Crippen LogP contribution in [0.1, 0.15) is 26.7 Å². The quantitative estimate of drug-likeness (QED) is 0.260. The highest BCUT2D eigenvalue weighted by atomic mass is 79.9. The molecule has 23 heavy (non-hydrogen) atoms. The molecule has 0 heterocycles. The second-order valence-corrected chi connectivity index (χ2v) is 6.57. The maximum Gasteiger partial charge on any atom is 0.186 e. The lowest BCUT2D eigenvalue weighted by Gasteiger charge is -1.96. The van der Waals surface area contributed by atoms with Crippen LogP contribution in [0.5, 0.6) is 0 Å². The summed E-state index contributed by atoms with van der Waals surface area (Å²) < 4.78 is 2.05. The van der Waals surface area contributed by atoms with Crippen LogP contribution in [0.4, 0.5) is 0 Å². The predicted molar refractivity (Wildman–Crippen MR) is 109 cm³/mol. The van der Waals surface area contributed by atoms with Gasteiger partial charge in [0.1, 0.15) is 0 Å². The first-order chi connectivity index (χ1) is 11.0. The molecule has 0 aromatic rings. The number of hydrogen-bond acceptors (Lipinski definition) is 1. The molecule has 0 radical (unpaired) electrons. The number of rotatable bonds is 5. The molecule has 0 aromatic heterocycles. The molecule has 0 aliphatic heterocycles. The number of carbonyl (C=O) groups is 1. The van der Waals surface area contributed by atoms with Gasteiger partial charge in [-0.25, -0.2) is 0 Å². The zero-order valence-electron chi connectivity index (χ0n) is 13.6. The standard InChI is InChI=1S/C17H14Br2O.C3H8/c1-3-5-14(6-4-2)17(20)10-7-13-11-15(18)8-9-16(19)12-13;1-3-2/h3,5-8,10-12H,1-2,9H2;3H2,1-2H3/b10-7+,14-5+;. The van der Waals surface area contributed by atoms with Gasteiger partial charge in [-0.3, -0.25) is 4.79 Å². The van der Waals surface area contributed by atoms with Crippen LogP contribution >= 0.6 is 31.9 Å². The predicted octanol–water partition coefficient (Wildman–Crippen LogP) is 6.87. The topological polar surface area (TPSA) is 17.1 Å². The van der Waals surface area contributed by atoms with Gasteiger partial charge in [0.15, 0.2) is 5.78 Å². The molecule has 0 saturated heterocycles. The SMILES string of the molecule is C=C=C/C(=C\C=C)C(=O)/C=C/C1=CC(Br)=CCC(Br)=C1.CCC. The average Bonchev–Trinajstić information content (AvgIpc) is 2.66. The van der Waals surface area contributed by atoms with Gasteiger partial charge < -0.3 is 0 Å². The van der Waals surface area contributed by atoms with E-state index in [-0.39, 0.29) is 5.78 Å². The highest BCUT2D eigenvalue weighted by Crippen LogP contribution is 2.24. The maximum absolute atomic E-state index is 12.0. The molecule has 0 saturated carbocycles. The van der Waals surface area contributed by atoms with E-state index in [2.05, 4.69) is 64.6 Å². The fraction of sp³-hybridized carbons (Fsp3) is 0.200. The Kier molecular flexibility index (Phi) is 12.3. The summed E-state index contributed by atoms with van der Waals surface area (Å²) >= 11 is 6.93. The second-order valence-electron chi connectivity index (χ2n) is 4.64. The lowest BCUT2D eigenvalue weighted by molar-refractivity contribution is -0.111. The molecule has 1 nitrogen and oxygen atoms in total. The molecule has 1 aliphatic rings. The molecule has 0 unspecified atom stereocenters. The Labute approximate surface area is 156 Å². The van der Waals surface area contributed by atoms with Crippen LogP contribution in [-0.2, 0) is 4.79 Å². The Morgan fingerprint density at radius 2 is 2.00 bits per heavy atom. The van der Waals surface area contributed by atoms with E-state index in [1.807, 2.05) is 18.2 Å². The second kappa shape index (κ2) is 13.1. The van der Waals surface area contributed by atoms with Crippen molar-refractivity contribution < 1.29 is 4.79 Å². The van der Waals surface area contributed by atoms with E-state index in [9.17, 15) is 4.79 Å². The molecule has 122 valence electrons. The van der Waals surface area contributed by atoms with E-state index < -0.39 is 0 Å². The Bertz CT molecular complexity index is 622. The molecule has 3 heteroatoms. The van der Waals surface area contributed by atoms with Crippen molar-refractivity contribution in [3.8, 4) is 0 Å². The van der Waals surface area contributed by atoms with Gasteiger partial charge in [-0.05, 0) is 40.8 Å². The third-order valence-electron chi connectivity index (χ3n) is 2.39. The minimum absolute atomic E-state index is 0.115. The Morgan fingerprint density at radius 3 is 2.57 bits per heavy atom. The smallest absolute Gasteiger partial charge is 0.186 e. The van der Waals surface area contributed by atoms with Crippen molar-refractivity contribution in [3.05, 3.63) is 87.6 Å². The molecule has 0 amide bonds. The van der Waals surface area contributed by atoms with Gasteiger partial charge in [0.2, 0.25) is 0 Å². The van der Waals surface area contributed by atoms with E-state index in [4.69, 9.17) is 0 Å². The van der Waals surface area contributed by atoms with E-state index in [1.54, 1.807) is 18.2 Å². The summed E-state index contributed by atoms with van der Waals surface area (Å²) in [6.45, 7) is 11.3. The monoisotopic (exact) mass is 436 g/mol. The lowest BCUT2D eigenvalue weighted by atomic mass is 10.1. The molecular weight excluding hydrogens is 416 g/mol. The maximum atomic E-state index is 12.0. The summed E-state index contributed by atoms with van der Waals surface area (Å²) in [7, 11) is 0. The van der Waals surface area contributed by atoms with Crippen molar-refractivity contribution in [2.75, 3.05) is 0 Å². The largest absolute Gasteiger partial charge is 0.289 e. The Morgan fingerprint density at radius 1 is 1.35 bits per heavy atom. The number of hydrogen-bond donors (Lipinski definition) is 0. The first kappa shape index (κ1) is 21.6. The van der Waals surface area contributed by atoms with Crippen LogP contribution in [-0.4, -0.2) is 5.78 Å². The molecule has 0 fully saturated rings. The van der Waals surface area contributed by atoms with Crippen molar-refractivity contribution >= 4 is 37.6 Å². The van der Waals surface area contributed by atoms with Crippen LogP contribution in [0.2, 0.25) is 0 Å². The molecule has 0 atom stereocenters. The normalized spacial score (nSPS) is 14.4. The summed E-state index contributed by atoms with van der Waals surface area (Å²) in [4.78, 5) is 12.0. The average molecular weight is 438 g/mol. The van der Waals surface area contributed by atoms with Crippen molar-refractivity contribution in [2.24, 2.45) is 0 Å². The van der Waals surface area contributed by atoms with Crippen LogP contribution in [0.25, 0.3) is 0 Å². The van der Waals surface area contributed by atoms with Crippen molar-refractivity contribution in [2.45, 2.75) is 26.7 Å². The van der Waals surface area contributed by atoms with Gasteiger partial charge >= 0.3 is 0 Å². The first-order valence-corrected chi connectivity index (χ1v) is 8.91. The third-order valence-corrected chi connectivity index (χ3v) is 3.49. The molecule has 1 aliphatic carbocycles. The van der Waals surface area contributed by atoms with Gasteiger partial charge in [0.25, 0.3) is 0 Å². The van der Waals surface area contributed by atoms with Crippen molar-refractivity contribution in [3.63, 3.8) is 0 Å². The van der Waals surface area contributed by atoms with Gasteiger partial charge in [0, 0.05) is 10.1 Å². The molecule has 1 rings (SSSR count). The molecule has 0 bridgehead atoms. The highest BCUT2D eigenvalue weighted by molar-refractivity contribution is 9.12. The van der Waals surface area contributed by atoms with E-state index >= 15 is 0 Å². The molecule has 0 aromatic carbocycles. The number of allylic oxidation sites excluding steroid dienone is 12. The van der Waals surface area contributed by atoms with Gasteiger partial charge in [-0.15, -0.1) is 5.73 Å². The number of carbonyl (C=O) groups excluding carboxylic acids is 1. The van der Waals surface area contributed by atoms with Crippen LogP contribution in [0.15, 0.2) is 87.6 Å². The van der Waals surface area contributed by atoms with Crippen LogP contribution in [0, 0.1) is 0 Å². The Balaban J connectivity index is 0.00000149. The van der Waals surface area contributed by atoms with Crippen molar-refractivity contribution in [1.29, 1.82) is 0 Å². The highest BCUT2D eigenvalue weighted by Gasteiger charge is 2.03. The zero-order chi connectivity index (χ0) is 17.7. The minimum atomic E-state index is -0.115. The van der Waals surface area contributed by atoms with E-state index in [0.29, 0.717) is 5.57 Å². The number of ketones is 1. The summed E-state index contributed by atoms with van der Waals surface area (Å²) in [5.74, 6) is -0.115. The fourth-order valence-corrected chi connectivity index (χ4v) is 2.35. The molecule has 0 N–H and O–H groups in total. The summed E-state index contributed by atoms with van der Waals surface area (Å²) in [5.41, 5.74) is 4.03. The Hall–Kier alpha value is -1.41.